The lowest BCUT2D eigenvalue weighted by atomic mass is 9.95. The van der Waals surface area contributed by atoms with Crippen LogP contribution in [0, 0.1) is 12.8 Å². The second kappa shape index (κ2) is 6.93. The van der Waals surface area contributed by atoms with E-state index in [-0.39, 0.29) is 0 Å². The van der Waals surface area contributed by atoms with Crippen LogP contribution in [0.1, 0.15) is 17.3 Å². The summed E-state index contributed by atoms with van der Waals surface area (Å²) < 4.78 is 0. The highest BCUT2D eigenvalue weighted by Gasteiger charge is 2.08. The lowest BCUT2D eigenvalue weighted by Crippen LogP contribution is -2.08. The lowest BCUT2D eigenvalue weighted by Gasteiger charge is -2.10. The highest BCUT2D eigenvalue weighted by Crippen LogP contribution is 2.29. The molecule has 0 spiro atoms. The number of ketones is 2. The van der Waals surface area contributed by atoms with Gasteiger partial charge in [-0.05, 0) is 11.1 Å². The van der Waals surface area contributed by atoms with E-state index in [4.69, 9.17) is 0 Å². The highest BCUT2D eigenvalue weighted by molar-refractivity contribution is 6.42. The average Bonchev–Trinajstić information content (AvgIpc) is 2.45. The molecule has 1 aromatic carbocycles. The molecule has 0 saturated heterocycles. The van der Waals surface area contributed by atoms with Crippen LogP contribution >= 0.6 is 0 Å². The molecule has 94 valence electrons. The molecule has 0 fully saturated rings. The molecule has 0 heterocycles. The molecular formula is C17H14O2. The van der Waals surface area contributed by atoms with E-state index >= 15 is 0 Å². The molecule has 0 amide bonds. The normalized spacial score (nSPS) is 9.00. The SMILES string of the molecule is C#C.CC(=O)C(=O)c1ccccc1.c1cc2ccc1-2. The quantitative estimate of drug-likeness (QED) is 0.397. The number of hydrogen-bond donors (Lipinski definition) is 0. The second-order valence-corrected chi connectivity index (χ2v) is 3.83. The predicted octanol–water partition coefficient (Wildman–Crippen LogP) is 3.37. The van der Waals surface area contributed by atoms with Crippen molar-refractivity contribution in [1.82, 2.24) is 0 Å². The summed E-state index contributed by atoms with van der Waals surface area (Å²) in [5.74, 6) is -0.846. The van der Waals surface area contributed by atoms with Crippen LogP contribution in [-0.4, -0.2) is 11.6 Å². The monoisotopic (exact) mass is 250 g/mol. The Hall–Kier alpha value is -2.66. The Balaban J connectivity index is 0.000000187. The van der Waals surface area contributed by atoms with Gasteiger partial charge in [0, 0.05) is 12.5 Å². The number of carbonyl (C=O) groups excluding carboxylic acids is 2. The van der Waals surface area contributed by atoms with E-state index in [1.54, 1.807) is 30.3 Å². The fourth-order valence-corrected chi connectivity index (χ4v) is 1.46. The molecule has 1 aromatic rings. The molecule has 2 nitrogen and oxygen atoms in total. The standard InChI is InChI=1S/C9H8O2.C6H4.C2H2/c1-7(10)9(11)8-5-3-2-4-6-8;1-2-6-4-3-5(1)6;1-2/h2-6H,1H3;1-4H;1-2H. The molecule has 0 saturated carbocycles. The van der Waals surface area contributed by atoms with Crippen LogP contribution in [0.15, 0.2) is 54.6 Å². The first-order valence-electron chi connectivity index (χ1n) is 5.72. The van der Waals surface area contributed by atoms with Gasteiger partial charge in [-0.15, -0.1) is 12.8 Å². The van der Waals surface area contributed by atoms with Crippen LogP contribution in [0.2, 0.25) is 0 Å². The van der Waals surface area contributed by atoms with Crippen molar-refractivity contribution in [1.29, 1.82) is 0 Å². The van der Waals surface area contributed by atoms with Crippen molar-refractivity contribution in [3.8, 4) is 24.0 Å². The zero-order valence-corrected chi connectivity index (χ0v) is 10.7. The van der Waals surface area contributed by atoms with Crippen LogP contribution in [0.4, 0.5) is 0 Å². The van der Waals surface area contributed by atoms with E-state index < -0.39 is 11.6 Å². The molecule has 0 N–H and O–H groups in total. The van der Waals surface area contributed by atoms with Crippen molar-refractivity contribution >= 4 is 11.6 Å². The van der Waals surface area contributed by atoms with Crippen molar-refractivity contribution in [2.75, 3.05) is 0 Å². The summed E-state index contributed by atoms with van der Waals surface area (Å²) in [6, 6.07) is 17.0. The number of carbonyl (C=O) groups is 2. The molecule has 0 atom stereocenters. The third-order valence-electron chi connectivity index (χ3n) is 2.57. The van der Waals surface area contributed by atoms with Crippen molar-refractivity contribution in [3.63, 3.8) is 0 Å². The number of hydrogen-bond acceptors (Lipinski definition) is 2. The maximum Gasteiger partial charge on any atom is 0.228 e. The van der Waals surface area contributed by atoms with Gasteiger partial charge in [0.05, 0.1) is 0 Å². The molecule has 2 aliphatic rings. The minimum atomic E-state index is -0.425. The Morgan fingerprint density at radius 2 is 1.21 bits per heavy atom. The fourth-order valence-electron chi connectivity index (χ4n) is 1.46. The molecule has 3 rings (SSSR count). The molecule has 0 aliphatic heterocycles. The molecule has 0 radical (unpaired) electrons. The zero-order chi connectivity index (χ0) is 14.3. The minimum absolute atomic E-state index is 0.420. The Bertz CT molecular complexity index is 557. The first-order chi connectivity index (χ1) is 9.18. The van der Waals surface area contributed by atoms with Gasteiger partial charge < -0.3 is 0 Å². The molecule has 0 bridgehead atoms. The Labute approximate surface area is 113 Å². The molecule has 0 aromatic heterocycles. The van der Waals surface area contributed by atoms with E-state index in [0.29, 0.717) is 5.56 Å². The summed E-state index contributed by atoms with van der Waals surface area (Å²) in [7, 11) is 0. The van der Waals surface area contributed by atoms with Gasteiger partial charge in [-0.2, -0.15) is 0 Å². The third kappa shape index (κ3) is 3.65. The first-order valence-corrected chi connectivity index (χ1v) is 5.72. The van der Waals surface area contributed by atoms with E-state index in [1.807, 2.05) is 0 Å². The molecule has 2 aliphatic carbocycles. The summed E-state index contributed by atoms with van der Waals surface area (Å²) in [4.78, 5) is 21.6. The molecule has 2 heteroatoms. The van der Waals surface area contributed by atoms with Gasteiger partial charge in [-0.25, -0.2) is 0 Å². The van der Waals surface area contributed by atoms with E-state index in [1.165, 1.54) is 18.1 Å². The van der Waals surface area contributed by atoms with Crippen molar-refractivity contribution < 1.29 is 9.59 Å². The fraction of sp³-hybridized carbons (Fsp3) is 0.0588. The van der Waals surface area contributed by atoms with Gasteiger partial charge in [0.2, 0.25) is 5.78 Å². The Morgan fingerprint density at radius 3 is 1.47 bits per heavy atom. The van der Waals surface area contributed by atoms with Crippen molar-refractivity contribution in [2.45, 2.75) is 6.92 Å². The Kier molecular flexibility index (Phi) is 5.25. The second-order valence-electron chi connectivity index (χ2n) is 3.83. The number of fused-ring (bicyclic) bond motifs is 1. The van der Waals surface area contributed by atoms with Gasteiger partial charge in [-0.1, -0.05) is 54.6 Å². The van der Waals surface area contributed by atoms with Crippen LogP contribution < -0.4 is 0 Å². The van der Waals surface area contributed by atoms with Crippen molar-refractivity contribution in [2.24, 2.45) is 0 Å². The lowest BCUT2D eigenvalue weighted by molar-refractivity contribution is -0.113. The summed E-state index contributed by atoms with van der Waals surface area (Å²) in [6.45, 7) is 1.27. The van der Waals surface area contributed by atoms with E-state index in [9.17, 15) is 9.59 Å². The maximum atomic E-state index is 11.0. The number of rotatable bonds is 2. The van der Waals surface area contributed by atoms with E-state index in [2.05, 4.69) is 37.1 Å². The summed E-state index contributed by atoms with van der Waals surface area (Å²) >= 11 is 0. The third-order valence-corrected chi connectivity index (χ3v) is 2.57. The molecule has 19 heavy (non-hydrogen) atoms. The maximum absolute atomic E-state index is 11.0. The zero-order valence-electron chi connectivity index (χ0n) is 10.7. The van der Waals surface area contributed by atoms with Gasteiger partial charge >= 0.3 is 0 Å². The highest BCUT2D eigenvalue weighted by atomic mass is 16.2. The van der Waals surface area contributed by atoms with E-state index in [0.717, 1.165) is 0 Å². The summed E-state index contributed by atoms with van der Waals surface area (Å²) in [6.07, 6.45) is 8.00. The average molecular weight is 250 g/mol. The van der Waals surface area contributed by atoms with Gasteiger partial charge in [0.25, 0.3) is 0 Å². The summed E-state index contributed by atoms with van der Waals surface area (Å²) in [5.41, 5.74) is 3.31. The predicted molar refractivity (Wildman–Crippen MR) is 76.8 cm³/mol. The van der Waals surface area contributed by atoms with Gasteiger partial charge in [0.1, 0.15) is 0 Å². The number of benzene rings is 2. The minimum Gasteiger partial charge on any atom is -0.291 e. The molecular weight excluding hydrogens is 236 g/mol. The Morgan fingerprint density at radius 1 is 0.789 bits per heavy atom. The largest absolute Gasteiger partial charge is 0.291 e. The van der Waals surface area contributed by atoms with Crippen LogP contribution in [0.5, 0.6) is 0 Å². The topological polar surface area (TPSA) is 34.1 Å². The van der Waals surface area contributed by atoms with Gasteiger partial charge in [-0.3, -0.25) is 9.59 Å². The van der Waals surface area contributed by atoms with Crippen LogP contribution in [-0.2, 0) is 4.79 Å². The van der Waals surface area contributed by atoms with Gasteiger partial charge in [0.15, 0.2) is 5.78 Å². The first kappa shape index (κ1) is 14.4. The molecule has 0 unspecified atom stereocenters. The number of Topliss-reactive ketones (excluding diaryl/α,β-unsaturated/α-hetero) is 2. The summed E-state index contributed by atoms with van der Waals surface area (Å²) in [5, 5.41) is 0. The van der Waals surface area contributed by atoms with Crippen molar-refractivity contribution in [3.05, 3.63) is 60.2 Å². The van der Waals surface area contributed by atoms with Crippen LogP contribution in [0.25, 0.3) is 11.1 Å². The number of terminal acetylenes is 1. The smallest absolute Gasteiger partial charge is 0.228 e. The van der Waals surface area contributed by atoms with Crippen LogP contribution in [0.3, 0.4) is 0 Å².